The summed E-state index contributed by atoms with van der Waals surface area (Å²) in [4.78, 5) is -0.558. The molecule has 0 amide bonds. The number of para-hydroxylation sites is 1. The molecule has 224 valence electrons. The molecule has 0 aromatic heterocycles. The predicted molar refractivity (Wildman–Crippen MR) is 172 cm³/mol. The zero-order chi connectivity index (χ0) is 31.6. The summed E-state index contributed by atoms with van der Waals surface area (Å²) in [7, 11) is -8.96. The molecule has 6 rings (SSSR count). The van der Waals surface area contributed by atoms with Gasteiger partial charge in [-0.25, -0.2) is 0 Å². The van der Waals surface area contributed by atoms with Gasteiger partial charge in [0, 0.05) is 32.9 Å². The fraction of sp³-hybridized carbons (Fsp3) is 0. The third kappa shape index (κ3) is 6.46. The Hall–Kier alpha value is -5.34. The Kier molecular flexibility index (Phi) is 7.91. The lowest BCUT2D eigenvalue weighted by atomic mass is 10.1. The van der Waals surface area contributed by atoms with Crippen molar-refractivity contribution in [2.45, 2.75) is 9.79 Å². The Balaban J connectivity index is 1.40. The molecule has 0 aliphatic rings. The molecule has 0 unspecified atom stereocenters. The van der Waals surface area contributed by atoms with Gasteiger partial charge in [0.25, 0.3) is 20.2 Å². The van der Waals surface area contributed by atoms with E-state index >= 15 is 0 Å². The number of nitrogens with one attached hydrogen (secondary N) is 1. The quantitative estimate of drug-likeness (QED) is 0.110. The highest BCUT2D eigenvalue weighted by Crippen LogP contribution is 2.40. The molecule has 6 aromatic rings. The molecule has 3 N–H and O–H groups in total. The number of azo groups is 2. The molecule has 0 saturated heterocycles. The van der Waals surface area contributed by atoms with Gasteiger partial charge in [0.2, 0.25) is 0 Å². The maximum absolute atomic E-state index is 12.3. The van der Waals surface area contributed by atoms with Gasteiger partial charge in [-0.05, 0) is 60.7 Å². The molecular weight excluding hydrogens is 615 g/mol. The molecule has 0 heterocycles. The van der Waals surface area contributed by atoms with Crippen molar-refractivity contribution < 1.29 is 25.9 Å². The SMILES string of the molecule is O=S(=O)(O)c1cccc(/N=N/c2ccc(/N=N/c3ccc(Nc4ccccc4)c4c(S(=O)(=O)O)cccc34)c3ccccc23)c1. The first-order valence-electron chi connectivity index (χ1n) is 13.4. The van der Waals surface area contributed by atoms with Crippen molar-refractivity contribution in [3.8, 4) is 0 Å². The molecule has 0 bridgehead atoms. The maximum atomic E-state index is 12.3. The molecule has 45 heavy (non-hydrogen) atoms. The van der Waals surface area contributed by atoms with Crippen LogP contribution in [0, 0.1) is 0 Å². The van der Waals surface area contributed by atoms with Crippen LogP contribution in [0.2, 0.25) is 0 Å². The maximum Gasteiger partial charge on any atom is 0.295 e. The zero-order valence-electron chi connectivity index (χ0n) is 23.2. The third-order valence-electron chi connectivity index (χ3n) is 6.84. The monoisotopic (exact) mass is 637 g/mol. The first kappa shape index (κ1) is 29.7. The summed E-state index contributed by atoms with van der Waals surface area (Å²) >= 11 is 0. The van der Waals surface area contributed by atoms with E-state index < -0.39 is 20.2 Å². The van der Waals surface area contributed by atoms with Crippen LogP contribution >= 0.6 is 0 Å². The minimum atomic E-state index is -4.57. The first-order valence-corrected chi connectivity index (χ1v) is 16.2. The van der Waals surface area contributed by atoms with Crippen molar-refractivity contribution >= 4 is 75.9 Å². The number of benzene rings is 6. The number of hydrogen-bond donors (Lipinski definition) is 3. The van der Waals surface area contributed by atoms with Crippen LogP contribution in [0.25, 0.3) is 21.5 Å². The van der Waals surface area contributed by atoms with Gasteiger partial charge in [-0.2, -0.15) is 21.9 Å². The summed E-state index contributed by atoms with van der Waals surface area (Å²) in [5.74, 6) is 0. The van der Waals surface area contributed by atoms with Gasteiger partial charge in [0.15, 0.2) is 0 Å². The van der Waals surface area contributed by atoms with Crippen molar-refractivity contribution in [3.63, 3.8) is 0 Å². The van der Waals surface area contributed by atoms with Gasteiger partial charge in [-0.1, -0.05) is 60.7 Å². The Labute approximate surface area is 258 Å². The van der Waals surface area contributed by atoms with E-state index in [4.69, 9.17) is 0 Å². The molecule has 0 atom stereocenters. The Bertz CT molecular complexity index is 2360. The van der Waals surface area contributed by atoms with Crippen molar-refractivity contribution in [3.05, 3.63) is 121 Å². The molecule has 11 nitrogen and oxygen atoms in total. The molecule has 6 aromatic carbocycles. The van der Waals surface area contributed by atoms with E-state index in [9.17, 15) is 25.9 Å². The van der Waals surface area contributed by atoms with Gasteiger partial charge < -0.3 is 5.32 Å². The van der Waals surface area contributed by atoms with E-state index in [0.717, 1.165) is 5.69 Å². The summed E-state index contributed by atoms with van der Waals surface area (Å²) in [5.41, 5.74) is 2.80. The van der Waals surface area contributed by atoms with Gasteiger partial charge in [0.05, 0.1) is 27.6 Å². The Morgan fingerprint density at radius 3 is 1.71 bits per heavy atom. The second kappa shape index (κ2) is 12.0. The summed E-state index contributed by atoms with van der Waals surface area (Å²) in [6.07, 6.45) is 0. The molecule has 0 aliphatic heterocycles. The lowest BCUT2D eigenvalue weighted by molar-refractivity contribution is 0.481. The van der Waals surface area contributed by atoms with E-state index in [-0.39, 0.29) is 20.9 Å². The van der Waals surface area contributed by atoms with E-state index in [1.165, 1.54) is 30.3 Å². The van der Waals surface area contributed by atoms with Crippen molar-refractivity contribution in [2.24, 2.45) is 20.5 Å². The zero-order valence-corrected chi connectivity index (χ0v) is 24.8. The predicted octanol–water partition coefficient (Wildman–Crippen LogP) is 9.06. The lowest BCUT2D eigenvalue weighted by Gasteiger charge is -2.14. The number of rotatable bonds is 8. The summed E-state index contributed by atoms with van der Waals surface area (Å²) < 4.78 is 67.0. The average Bonchev–Trinajstić information content (AvgIpc) is 3.03. The van der Waals surface area contributed by atoms with Crippen molar-refractivity contribution in [1.29, 1.82) is 0 Å². The Morgan fingerprint density at radius 1 is 0.511 bits per heavy atom. The van der Waals surface area contributed by atoms with Crippen LogP contribution in [-0.4, -0.2) is 25.9 Å². The second-order valence-electron chi connectivity index (χ2n) is 9.80. The van der Waals surface area contributed by atoms with E-state index in [0.29, 0.717) is 38.9 Å². The van der Waals surface area contributed by atoms with Gasteiger partial charge in [-0.15, -0.1) is 15.3 Å². The highest BCUT2D eigenvalue weighted by Gasteiger charge is 2.19. The molecule has 13 heteroatoms. The molecule has 0 spiro atoms. The van der Waals surface area contributed by atoms with Gasteiger partial charge >= 0.3 is 0 Å². The summed E-state index contributed by atoms with van der Waals surface area (Å²) in [6, 6.07) is 33.3. The Morgan fingerprint density at radius 2 is 1.07 bits per heavy atom. The molecule has 0 fully saturated rings. The van der Waals surface area contributed by atoms with Crippen LogP contribution in [0.5, 0.6) is 0 Å². The normalized spacial score (nSPS) is 12.4. The molecule has 0 saturated carbocycles. The number of nitrogens with zero attached hydrogens (tertiary/aromatic N) is 4. The highest BCUT2D eigenvalue weighted by molar-refractivity contribution is 7.86. The minimum Gasteiger partial charge on any atom is -0.355 e. The molecule has 0 aliphatic carbocycles. The minimum absolute atomic E-state index is 0.235. The largest absolute Gasteiger partial charge is 0.355 e. The molecular formula is C32H23N5O6S2. The molecule has 0 radical (unpaired) electrons. The highest BCUT2D eigenvalue weighted by atomic mass is 32.2. The summed E-state index contributed by atoms with van der Waals surface area (Å²) in [5, 5.41) is 22.7. The third-order valence-corrected chi connectivity index (χ3v) is 8.59. The number of fused-ring (bicyclic) bond motifs is 2. The van der Waals surface area contributed by atoms with E-state index in [1.807, 2.05) is 54.6 Å². The first-order chi connectivity index (χ1) is 21.6. The topological polar surface area (TPSA) is 170 Å². The van der Waals surface area contributed by atoms with Gasteiger partial charge in [0.1, 0.15) is 4.90 Å². The second-order valence-corrected chi connectivity index (χ2v) is 12.6. The van der Waals surface area contributed by atoms with Crippen LogP contribution in [-0.2, 0) is 20.2 Å². The van der Waals surface area contributed by atoms with E-state index in [2.05, 4.69) is 25.8 Å². The van der Waals surface area contributed by atoms with Crippen molar-refractivity contribution in [1.82, 2.24) is 0 Å². The van der Waals surface area contributed by atoms with Crippen LogP contribution < -0.4 is 5.32 Å². The summed E-state index contributed by atoms with van der Waals surface area (Å²) in [6.45, 7) is 0. The smallest absolute Gasteiger partial charge is 0.295 e. The van der Waals surface area contributed by atoms with Crippen LogP contribution in [0.15, 0.2) is 152 Å². The van der Waals surface area contributed by atoms with Crippen LogP contribution in [0.3, 0.4) is 0 Å². The number of anilines is 2. The van der Waals surface area contributed by atoms with Crippen molar-refractivity contribution in [2.75, 3.05) is 5.32 Å². The van der Waals surface area contributed by atoms with Crippen LogP contribution in [0.1, 0.15) is 0 Å². The fourth-order valence-corrected chi connectivity index (χ4v) is 6.06. The standard InChI is InChI=1S/C32H23N5O6S2/c38-44(39,40)23-11-6-10-22(20-23)34-35-27-16-17-28(25-13-5-4-12-24(25)27)36-37-29-18-19-30(33-21-8-2-1-3-9-21)32-26(29)14-7-15-31(32)45(41,42)43/h1-20,33H,(H,38,39,40)(H,41,42,43)/b35-34+,37-36+. The van der Waals surface area contributed by atoms with Crippen LogP contribution in [0.4, 0.5) is 34.1 Å². The fourth-order valence-electron chi connectivity index (χ4n) is 4.81. The number of hydrogen-bond acceptors (Lipinski definition) is 9. The van der Waals surface area contributed by atoms with E-state index in [1.54, 1.807) is 36.4 Å². The average molecular weight is 638 g/mol. The van der Waals surface area contributed by atoms with Gasteiger partial charge in [-0.3, -0.25) is 9.11 Å². The lowest BCUT2D eigenvalue weighted by Crippen LogP contribution is -2.01.